The van der Waals surface area contributed by atoms with Crippen LogP contribution in [0.1, 0.15) is 37.9 Å². The van der Waals surface area contributed by atoms with E-state index in [2.05, 4.69) is 15.1 Å². The molecule has 6 nitrogen and oxygen atoms in total. The highest BCUT2D eigenvalue weighted by atomic mass is 32.2. The van der Waals surface area contributed by atoms with Gasteiger partial charge in [0.1, 0.15) is 5.76 Å². The van der Waals surface area contributed by atoms with Crippen molar-refractivity contribution in [2.75, 3.05) is 18.8 Å². The number of aryl methyl sites for hydroxylation is 1. The SMILES string of the molecule is Cc1occc1-c1nnc(SCC(=O)N2CCC3CCCCC3C2)n1-c1ccccc1. The number of benzene rings is 1. The highest BCUT2D eigenvalue weighted by molar-refractivity contribution is 7.99. The Balaban J connectivity index is 1.34. The van der Waals surface area contributed by atoms with E-state index in [1.807, 2.05) is 47.9 Å². The summed E-state index contributed by atoms with van der Waals surface area (Å²) in [5.41, 5.74) is 1.88. The maximum atomic E-state index is 13.0. The molecule has 2 fully saturated rings. The van der Waals surface area contributed by atoms with Crippen molar-refractivity contribution < 1.29 is 9.21 Å². The largest absolute Gasteiger partial charge is 0.469 e. The van der Waals surface area contributed by atoms with Crippen LogP contribution in [-0.2, 0) is 4.79 Å². The van der Waals surface area contributed by atoms with E-state index in [1.54, 1.807) is 6.26 Å². The summed E-state index contributed by atoms with van der Waals surface area (Å²) in [5, 5.41) is 9.61. The maximum Gasteiger partial charge on any atom is 0.233 e. The Morgan fingerprint density at radius 1 is 1.10 bits per heavy atom. The third-order valence-electron chi connectivity index (χ3n) is 6.72. The number of thioether (sulfide) groups is 1. The van der Waals surface area contributed by atoms with E-state index in [0.717, 1.165) is 53.4 Å². The number of hydrogen-bond acceptors (Lipinski definition) is 5. The van der Waals surface area contributed by atoms with Gasteiger partial charge in [-0.25, -0.2) is 0 Å². The van der Waals surface area contributed by atoms with Gasteiger partial charge in [0.2, 0.25) is 5.91 Å². The molecule has 1 aromatic carbocycles. The minimum Gasteiger partial charge on any atom is -0.469 e. The first-order chi connectivity index (χ1) is 15.2. The second kappa shape index (κ2) is 8.91. The molecule has 3 aromatic rings. The zero-order valence-corrected chi connectivity index (χ0v) is 18.7. The van der Waals surface area contributed by atoms with Gasteiger partial charge in [-0.2, -0.15) is 0 Å². The number of nitrogens with zero attached hydrogens (tertiary/aromatic N) is 4. The van der Waals surface area contributed by atoms with Crippen molar-refractivity contribution in [3.05, 3.63) is 48.4 Å². The fourth-order valence-corrected chi connectivity index (χ4v) is 5.86. The number of amides is 1. The van der Waals surface area contributed by atoms with Crippen LogP contribution in [0.4, 0.5) is 0 Å². The fourth-order valence-electron chi connectivity index (χ4n) is 5.01. The Hall–Kier alpha value is -2.54. The summed E-state index contributed by atoms with van der Waals surface area (Å²) in [7, 11) is 0. The molecule has 1 amide bonds. The number of para-hydroxylation sites is 1. The predicted molar refractivity (Wildman–Crippen MR) is 121 cm³/mol. The lowest BCUT2D eigenvalue weighted by Gasteiger charge is -2.41. The molecule has 0 N–H and O–H groups in total. The summed E-state index contributed by atoms with van der Waals surface area (Å²) in [4.78, 5) is 15.1. The summed E-state index contributed by atoms with van der Waals surface area (Å²) in [6.45, 7) is 3.74. The number of rotatable bonds is 5. The second-order valence-corrected chi connectivity index (χ2v) is 9.53. The molecule has 162 valence electrons. The van der Waals surface area contributed by atoms with Gasteiger partial charge >= 0.3 is 0 Å². The molecule has 2 atom stereocenters. The van der Waals surface area contributed by atoms with Gasteiger partial charge in [0, 0.05) is 18.8 Å². The number of hydrogen-bond donors (Lipinski definition) is 0. The van der Waals surface area contributed by atoms with Gasteiger partial charge < -0.3 is 9.32 Å². The lowest BCUT2D eigenvalue weighted by Crippen LogP contribution is -2.45. The van der Waals surface area contributed by atoms with Crippen molar-refractivity contribution in [3.63, 3.8) is 0 Å². The van der Waals surface area contributed by atoms with Crippen LogP contribution in [-0.4, -0.2) is 44.4 Å². The van der Waals surface area contributed by atoms with E-state index in [-0.39, 0.29) is 5.91 Å². The molecule has 0 bridgehead atoms. The molecular formula is C24H28N4O2S. The van der Waals surface area contributed by atoms with E-state index < -0.39 is 0 Å². The Morgan fingerprint density at radius 2 is 1.90 bits per heavy atom. The summed E-state index contributed by atoms with van der Waals surface area (Å²) in [6, 6.07) is 11.9. The Morgan fingerprint density at radius 3 is 2.68 bits per heavy atom. The van der Waals surface area contributed by atoms with E-state index in [9.17, 15) is 4.79 Å². The zero-order chi connectivity index (χ0) is 21.2. The monoisotopic (exact) mass is 436 g/mol. The average molecular weight is 437 g/mol. The number of piperidine rings is 1. The van der Waals surface area contributed by atoms with E-state index in [0.29, 0.717) is 11.7 Å². The molecule has 0 spiro atoms. The quantitative estimate of drug-likeness (QED) is 0.529. The van der Waals surface area contributed by atoms with Crippen molar-refractivity contribution in [2.24, 2.45) is 11.8 Å². The van der Waals surface area contributed by atoms with Gasteiger partial charge in [0.05, 0.1) is 17.6 Å². The molecule has 3 heterocycles. The molecule has 5 rings (SSSR count). The smallest absolute Gasteiger partial charge is 0.233 e. The maximum absolute atomic E-state index is 13.0. The van der Waals surface area contributed by atoms with E-state index >= 15 is 0 Å². The van der Waals surface area contributed by atoms with Crippen molar-refractivity contribution in [3.8, 4) is 17.1 Å². The summed E-state index contributed by atoms with van der Waals surface area (Å²) in [6.07, 6.45) is 8.12. The zero-order valence-electron chi connectivity index (χ0n) is 17.9. The van der Waals surface area contributed by atoms with Crippen molar-refractivity contribution in [2.45, 2.75) is 44.2 Å². The molecule has 2 aromatic heterocycles. The van der Waals surface area contributed by atoms with E-state index in [1.165, 1.54) is 37.4 Å². The van der Waals surface area contributed by atoms with Gasteiger partial charge in [-0.1, -0.05) is 49.2 Å². The molecule has 7 heteroatoms. The highest BCUT2D eigenvalue weighted by Gasteiger charge is 2.33. The Labute approximate surface area is 187 Å². The number of carbonyl (C=O) groups is 1. The summed E-state index contributed by atoms with van der Waals surface area (Å²) >= 11 is 1.46. The number of likely N-dealkylation sites (tertiary alicyclic amines) is 1. The number of aromatic nitrogens is 3. The second-order valence-electron chi connectivity index (χ2n) is 8.59. The van der Waals surface area contributed by atoms with Gasteiger partial charge in [0.15, 0.2) is 11.0 Å². The minimum absolute atomic E-state index is 0.206. The standard InChI is InChI=1S/C24H28N4O2S/c1-17-21(12-14-30-17)23-25-26-24(28(23)20-9-3-2-4-10-20)31-16-22(29)27-13-11-18-7-5-6-8-19(18)15-27/h2-4,9-10,12,14,18-19H,5-8,11,13,15-16H2,1H3. The number of carbonyl (C=O) groups excluding carboxylic acids is 1. The van der Waals surface area contributed by atoms with Crippen LogP contribution in [0.3, 0.4) is 0 Å². The van der Waals surface area contributed by atoms with E-state index in [4.69, 9.17) is 4.42 Å². The summed E-state index contributed by atoms with van der Waals surface area (Å²) < 4.78 is 7.51. The fraction of sp³-hybridized carbons (Fsp3) is 0.458. The Kier molecular flexibility index (Phi) is 5.85. The predicted octanol–water partition coefficient (Wildman–Crippen LogP) is 4.97. The van der Waals surface area contributed by atoms with Gasteiger partial charge in [-0.05, 0) is 49.8 Å². The van der Waals surface area contributed by atoms with Gasteiger partial charge in [0.25, 0.3) is 0 Å². The topological polar surface area (TPSA) is 64.2 Å². The first-order valence-corrected chi connectivity index (χ1v) is 12.1. The van der Waals surface area contributed by atoms with Crippen LogP contribution in [0.25, 0.3) is 17.1 Å². The van der Waals surface area contributed by atoms with Crippen LogP contribution >= 0.6 is 11.8 Å². The van der Waals surface area contributed by atoms with Crippen LogP contribution in [0.2, 0.25) is 0 Å². The Bertz CT molecular complexity index is 1050. The van der Waals surface area contributed by atoms with Gasteiger partial charge in [-0.3, -0.25) is 9.36 Å². The number of furan rings is 1. The molecule has 1 aliphatic carbocycles. The van der Waals surface area contributed by atoms with Gasteiger partial charge in [-0.15, -0.1) is 10.2 Å². The molecule has 1 saturated heterocycles. The molecule has 2 unspecified atom stereocenters. The molecule has 1 aliphatic heterocycles. The highest BCUT2D eigenvalue weighted by Crippen LogP contribution is 2.36. The van der Waals surface area contributed by atoms with Crippen LogP contribution in [0.15, 0.2) is 52.2 Å². The van der Waals surface area contributed by atoms with Crippen molar-refractivity contribution in [1.82, 2.24) is 19.7 Å². The minimum atomic E-state index is 0.206. The first kappa shape index (κ1) is 20.4. The average Bonchev–Trinajstić information content (AvgIpc) is 3.43. The molecule has 31 heavy (non-hydrogen) atoms. The molecule has 2 aliphatic rings. The number of fused-ring (bicyclic) bond motifs is 1. The van der Waals surface area contributed by atoms with Crippen molar-refractivity contribution >= 4 is 17.7 Å². The normalized spacial score (nSPS) is 21.1. The first-order valence-electron chi connectivity index (χ1n) is 11.2. The van der Waals surface area contributed by atoms with Crippen LogP contribution < -0.4 is 0 Å². The van der Waals surface area contributed by atoms with Crippen LogP contribution in [0.5, 0.6) is 0 Å². The summed E-state index contributed by atoms with van der Waals surface area (Å²) in [5.74, 6) is 3.64. The lowest BCUT2D eigenvalue weighted by atomic mass is 9.75. The third-order valence-corrected chi connectivity index (χ3v) is 7.63. The van der Waals surface area contributed by atoms with Crippen molar-refractivity contribution in [1.29, 1.82) is 0 Å². The molecular weight excluding hydrogens is 408 g/mol. The third kappa shape index (κ3) is 4.15. The lowest BCUT2D eigenvalue weighted by molar-refractivity contribution is -0.131. The van der Waals surface area contributed by atoms with Crippen LogP contribution in [0, 0.1) is 18.8 Å². The molecule has 0 radical (unpaired) electrons. The molecule has 1 saturated carbocycles.